The van der Waals surface area contributed by atoms with Crippen molar-refractivity contribution in [2.24, 2.45) is 0 Å². The van der Waals surface area contributed by atoms with Gasteiger partial charge in [-0.25, -0.2) is 0 Å². The third kappa shape index (κ3) is 1560. The summed E-state index contributed by atoms with van der Waals surface area (Å²) in [4.78, 5) is 6.00. The fourth-order valence-electron chi connectivity index (χ4n) is 0. The minimum absolute atomic E-state index is 0. The highest BCUT2D eigenvalue weighted by Crippen LogP contribution is 1.48. The molecule has 3 nitrogen and oxygen atoms in total. The van der Waals surface area contributed by atoms with Gasteiger partial charge in [-0.05, 0) is 63.4 Å². The van der Waals surface area contributed by atoms with Crippen LogP contribution in [0, 0.1) is 0 Å². The van der Waals surface area contributed by atoms with Crippen LogP contribution in [0.4, 0.5) is 0 Å². The normalized spacial score (nSPS) is 7.20. The van der Waals surface area contributed by atoms with Crippen molar-refractivity contribution in [3.63, 3.8) is 0 Å². The SMILES string of the molecule is Br.Br.Br.CN(C)C.CN(C)C.CN(C)C. The predicted octanol–water partition coefficient (Wildman–Crippen LogP) is 2.27. The lowest BCUT2D eigenvalue weighted by atomic mass is 11.0. The van der Waals surface area contributed by atoms with Gasteiger partial charge in [-0.1, -0.05) is 0 Å². The maximum absolute atomic E-state index is 2.00. The van der Waals surface area contributed by atoms with E-state index in [1.54, 1.807) is 0 Å². The maximum atomic E-state index is 2.00. The molecule has 0 unspecified atom stereocenters. The van der Waals surface area contributed by atoms with E-state index >= 15 is 0 Å². The number of rotatable bonds is 0. The Hall–Kier alpha value is 1.32. The van der Waals surface area contributed by atoms with Crippen molar-refractivity contribution in [1.29, 1.82) is 0 Å². The Balaban J connectivity index is -0.0000000184. The van der Waals surface area contributed by atoms with Gasteiger partial charge in [-0.15, -0.1) is 50.9 Å². The lowest BCUT2D eigenvalue weighted by molar-refractivity contribution is 0.505. The van der Waals surface area contributed by atoms with Crippen LogP contribution in [0.25, 0.3) is 0 Å². The molecular formula is C9H30Br3N3. The van der Waals surface area contributed by atoms with E-state index in [1.165, 1.54) is 0 Å². The summed E-state index contributed by atoms with van der Waals surface area (Å²) in [6.07, 6.45) is 0. The summed E-state index contributed by atoms with van der Waals surface area (Å²) in [5.74, 6) is 0. The highest BCUT2D eigenvalue weighted by molar-refractivity contribution is 8.93. The van der Waals surface area contributed by atoms with Crippen molar-refractivity contribution in [1.82, 2.24) is 14.7 Å². The monoisotopic (exact) mass is 417 g/mol. The molecule has 0 heterocycles. The Morgan fingerprint density at radius 2 is 0.333 bits per heavy atom. The molecule has 0 saturated carbocycles. The van der Waals surface area contributed by atoms with Crippen LogP contribution < -0.4 is 0 Å². The van der Waals surface area contributed by atoms with Crippen LogP contribution in [-0.2, 0) is 0 Å². The van der Waals surface area contributed by atoms with Crippen molar-refractivity contribution in [3.8, 4) is 0 Å². The topological polar surface area (TPSA) is 9.72 Å². The molecule has 0 bridgehead atoms. The van der Waals surface area contributed by atoms with Gasteiger partial charge in [-0.2, -0.15) is 0 Å². The second-order valence-corrected chi connectivity index (χ2v) is 4.02. The summed E-state index contributed by atoms with van der Waals surface area (Å²) < 4.78 is 0. The Kier molecular flexibility index (Phi) is 70.7. The Bertz CT molecular complexity index is 49.1. The first-order valence-electron chi connectivity index (χ1n) is 4.02. The zero-order valence-electron chi connectivity index (χ0n) is 11.6. The third-order valence-electron chi connectivity index (χ3n) is 0. The highest BCUT2D eigenvalue weighted by Gasteiger charge is 1.58. The molecule has 0 N–H and O–H groups in total. The molecule has 0 aromatic carbocycles. The van der Waals surface area contributed by atoms with Gasteiger partial charge in [0.25, 0.3) is 0 Å². The molecule has 0 aromatic heterocycles. The van der Waals surface area contributed by atoms with Gasteiger partial charge in [0.2, 0.25) is 0 Å². The lowest BCUT2D eigenvalue weighted by Crippen LogP contribution is -1.99. The van der Waals surface area contributed by atoms with Crippen molar-refractivity contribution >= 4 is 50.9 Å². The Labute approximate surface area is 128 Å². The largest absolute Gasteiger partial charge is 0.312 e. The Morgan fingerprint density at radius 1 is 0.333 bits per heavy atom. The van der Waals surface area contributed by atoms with Gasteiger partial charge in [0.05, 0.1) is 0 Å². The van der Waals surface area contributed by atoms with Crippen LogP contribution in [0.1, 0.15) is 0 Å². The lowest BCUT2D eigenvalue weighted by Gasteiger charge is -1.90. The maximum Gasteiger partial charge on any atom is -0.0140 e. The molecule has 0 amide bonds. The van der Waals surface area contributed by atoms with E-state index in [0.29, 0.717) is 0 Å². The van der Waals surface area contributed by atoms with E-state index < -0.39 is 0 Å². The van der Waals surface area contributed by atoms with Gasteiger partial charge in [-0.3, -0.25) is 0 Å². The molecule has 0 fully saturated rings. The molecule has 6 heteroatoms. The van der Waals surface area contributed by atoms with Crippen molar-refractivity contribution < 1.29 is 0 Å². The molecule has 15 heavy (non-hydrogen) atoms. The number of hydrogen-bond acceptors (Lipinski definition) is 3. The zero-order chi connectivity index (χ0) is 10.7. The molecule has 0 aliphatic carbocycles. The van der Waals surface area contributed by atoms with Gasteiger partial charge in [0, 0.05) is 0 Å². The van der Waals surface area contributed by atoms with Gasteiger partial charge in [0.15, 0.2) is 0 Å². The molecule has 0 spiro atoms. The van der Waals surface area contributed by atoms with Crippen LogP contribution in [0.3, 0.4) is 0 Å². The van der Waals surface area contributed by atoms with E-state index in [4.69, 9.17) is 0 Å². The van der Waals surface area contributed by atoms with E-state index in [1.807, 2.05) is 78.1 Å². The summed E-state index contributed by atoms with van der Waals surface area (Å²) in [6.45, 7) is 0. The molecule has 0 rings (SSSR count). The van der Waals surface area contributed by atoms with E-state index in [9.17, 15) is 0 Å². The molecule has 0 aromatic rings. The second-order valence-electron chi connectivity index (χ2n) is 4.02. The first-order valence-corrected chi connectivity index (χ1v) is 4.02. The van der Waals surface area contributed by atoms with Crippen LogP contribution in [-0.4, -0.2) is 78.1 Å². The van der Waals surface area contributed by atoms with E-state index in [2.05, 4.69) is 0 Å². The minimum atomic E-state index is 0. The minimum Gasteiger partial charge on any atom is -0.312 e. The molecule has 0 aliphatic heterocycles. The number of halogens is 3. The third-order valence-corrected chi connectivity index (χ3v) is 0. The fourth-order valence-corrected chi connectivity index (χ4v) is 0. The van der Waals surface area contributed by atoms with Crippen LogP contribution in [0.15, 0.2) is 0 Å². The molecule has 0 radical (unpaired) electrons. The van der Waals surface area contributed by atoms with Crippen molar-refractivity contribution in [2.45, 2.75) is 0 Å². The van der Waals surface area contributed by atoms with Crippen LogP contribution in [0.2, 0.25) is 0 Å². The van der Waals surface area contributed by atoms with Crippen LogP contribution in [0.5, 0.6) is 0 Å². The summed E-state index contributed by atoms with van der Waals surface area (Å²) in [5.41, 5.74) is 0. The van der Waals surface area contributed by atoms with Gasteiger partial charge >= 0.3 is 0 Å². The van der Waals surface area contributed by atoms with Crippen molar-refractivity contribution in [3.05, 3.63) is 0 Å². The van der Waals surface area contributed by atoms with E-state index in [-0.39, 0.29) is 50.9 Å². The van der Waals surface area contributed by atoms with Crippen molar-refractivity contribution in [2.75, 3.05) is 63.4 Å². The number of nitrogens with zero attached hydrogens (tertiary/aromatic N) is 3. The molecule has 0 aliphatic rings. The summed E-state index contributed by atoms with van der Waals surface area (Å²) in [6, 6.07) is 0. The molecule has 102 valence electrons. The van der Waals surface area contributed by atoms with Crippen LogP contribution >= 0.6 is 50.9 Å². The smallest absolute Gasteiger partial charge is 0.0140 e. The quantitative estimate of drug-likeness (QED) is 0.596. The summed E-state index contributed by atoms with van der Waals surface area (Å²) in [5, 5.41) is 0. The second kappa shape index (κ2) is 29.5. The number of hydrogen-bond donors (Lipinski definition) is 0. The molecule has 0 saturated heterocycles. The predicted molar refractivity (Wildman–Crippen MR) is 89.8 cm³/mol. The average Bonchev–Trinajstić information content (AvgIpc) is 1.54. The van der Waals surface area contributed by atoms with E-state index in [0.717, 1.165) is 0 Å². The van der Waals surface area contributed by atoms with Gasteiger partial charge < -0.3 is 14.7 Å². The Morgan fingerprint density at radius 3 is 0.333 bits per heavy atom. The zero-order valence-corrected chi connectivity index (χ0v) is 16.7. The summed E-state index contributed by atoms with van der Waals surface area (Å²) in [7, 11) is 18.0. The highest BCUT2D eigenvalue weighted by atomic mass is 79.9. The van der Waals surface area contributed by atoms with Gasteiger partial charge in [0.1, 0.15) is 0 Å². The standard InChI is InChI=1S/3C3H9N.3BrH/c3*1-4(2)3;;;/h3*1-3H3;3*1H. The summed E-state index contributed by atoms with van der Waals surface area (Å²) >= 11 is 0. The average molecular weight is 420 g/mol. The first kappa shape index (κ1) is 36.0. The fraction of sp³-hybridized carbons (Fsp3) is 1.00. The molecule has 0 atom stereocenters. The molecular weight excluding hydrogens is 390 g/mol. The first-order chi connectivity index (χ1) is 5.20.